The zero-order valence-electron chi connectivity index (χ0n) is 6.44. The molecule has 1 aromatic carbocycles. The van der Waals surface area contributed by atoms with Crippen molar-refractivity contribution in [1.82, 2.24) is 0 Å². The van der Waals surface area contributed by atoms with Crippen molar-refractivity contribution in [2.75, 3.05) is 0 Å². The quantitative estimate of drug-likeness (QED) is 0.626. The third-order valence-corrected chi connectivity index (χ3v) is 1.50. The van der Waals surface area contributed by atoms with Crippen LogP contribution in [0.5, 0.6) is 0 Å². The van der Waals surface area contributed by atoms with Crippen molar-refractivity contribution < 1.29 is 31.1 Å². The van der Waals surface area contributed by atoms with Gasteiger partial charge in [0.05, 0.1) is 0 Å². The average Bonchev–Trinajstić information content (AvgIpc) is 1.80. The third-order valence-electron chi connectivity index (χ3n) is 1.50. The van der Waals surface area contributed by atoms with Crippen molar-refractivity contribution in [3.8, 4) is 0 Å². The summed E-state index contributed by atoms with van der Waals surface area (Å²) >= 11 is 0. The Morgan fingerprint density at radius 3 is 2.20 bits per heavy atom. The van der Waals surface area contributed by atoms with Crippen molar-refractivity contribution in [2.45, 2.75) is 13.8 Å². The van der Waals surface area contributed by atoms with Crippen LogP contribution >= 0.6 is 0 Å². The molecule has 1 rings (SSSR count). The molecule has 0 aliphatic carbocycles. The van der Waals surface area contributed by atoms with Gasteiger partial charge in [-0.25, -0.2) is 0 Å². The van der Waals surface area contributed by atoms with Crippen LogP contribution in [0.4, 0.5) is 0 Å². The Kier molecular flexibility index (Phi) is 4.17. The maximum atomic E-state index is 3.88. The Hall–Kier alpha value is 0.142. The minimum absolute atomic E-state index is 0. The van der Waals surface area contributed by atoms with E-state index >= 15 is 0 Å². The Morgan fingerprint density at radius 2 is 1.80 bits per heavy atom. The first kappa shape index (κ1) is 10.1. The Morgan fingerprint density at radius 1 is 1.20 bits per heavy atom. The molecule has 0 N–H and O–H groups in total. The zero-order chi connectivity index (χ0) is 6.85. The topological polar surface area (TPSA) is 0 Å². The largest absolute Gasteiger partial charge is 0.198 e. The first-order chi connectivity index (χ1) is 4.20. The first-order valence-electron chi connectivity index (χ1n) is 3.09. The second-order valence-corrected chi connectivity index (χ2v) is 2.43. The molecule has 0 nitrogen and oxygen atoms in total. The van der Waals surface area contributed by atoms with Gasteiger partial charge in [-0.3, -0.25) is 0 Å². The van der Waals surface area contributed by atoms with E-state index in [1.807, 2.05) is 0 Å². The molecule has 1 heteroatoms. The molecule has 10 heavy (non-hydrogen) atoms. The Balaban J connectivity index is 0.000000810. The fraction of sp³-hybridized carbons (Fsp3) is 0.222. The van der Waals surface area contributed by atoms with Gasteiger partial charge in [-0.1, -0.05) is 19.9 Å². The summed E-state index contributed by atoms with van der Waals surface area (Å²) < 4.78 is 0. The fourth-order valence-corrected chi connectivity index (χ4v) is 0.800. The van der Waals surface area contributed by atoms with Crippen molar-refractivity contribution in [3.05, 3.63) is 41.8 Å². The second kappa shape index (κ2) is 4.11. The molecule has 52 valence electrons. The molecule has 0 unspecified atom stereocenters. The summed E-state index contributed by atoms with van der Waals surface area (Å²) in [5, 5.41) is 0. The van der Waals surface area contributed by atoms with E-state index in [4.69, 9.17) is 0 Å². The molecule has 0 aliphatic rings. The Labute approximate surface area is 86.4 Å². The van der Waals surface area contributed by atoms with Crippen molar-refractivity contribution in [2.24, 2.45) is 0 Å². The maximum Gasteiger partial charge on any atom is 0 e. The van der Waals surface area contributed by atoms with E-state index in [1.54, 1.807) is 0 Å². The van der Waals surface area contributed by atoms with Crippen LogP contribution < -0.4 is 0 Å². The smallest absolute Gasteiger partial charge is 0 e. The van der Waals surface area contributed by atoms with E-state index in [-0.39, 0.29) is 31.1 Å². The molecule has 0 radical (unpaired) electrons. The molecule has 0 fully saturated rings. The SMILES string of the molecule is [CH2-]c1cc(C)ccc1C.[U]. The van der Waals surface area contributed by atoms with E-state index in [0.29, 0.717) is 0 Å². The minimum atomic E-state index is 0. The van der Waals surface area contributed by atoms with Crippen LogP contribution in [0.1, 0.15) is 16.7 Å². The molecule has 0 heterocycles. The van der Waals surface area contributed by atoms with E-state index in [9.17, 15) is 0 Å². The van der Waals surface area contributed by atoms with Gasteiger partial charge in [-0.15, -0.1) is 11.6 Å². The van der Waals surface area contributed by atoms with E-state index < -0.39 is 0 Å². The number of aryl methyl sites for hydroxylation is 2. The molecule has 1 aromatic rings. The summed E-state index contributed by atoms with van der Waals surface area (Å²) in [6.45, 7) is 8.03. The summed E-state index contributed by atoms with van der Waals surface area (Å²) in [4.78, 5) is 0. The van der Waals surface area contributed by atoms with Gasteiger partial charge in [-0.05, 0) is 0 Å². The van der Waals surface area contributed by atoms with Gasteiger partial charge in [0, 0.05) is 31.1 Å². The zero-order valence-corrected chi connectivity index (χ0v) is 10.6. The number of hydrogen-bond donors (Lipinski definition) is 0. The van der Waals surface area contributed by atoms with Gasteiger partial charge in [0.25, 0.3) is 0 Å². The molecule has 0 spiro atoms. The van der Waals surface area contributed by atoms with Gasteiger partial charge in [0.15, 0.2) is 0 Å². The summed E-state index contributed by atoms with van der Waals surface area (Å²) in [6.07, 6.45) is 0. The maximum absolute atomic E-state index is 3.88. The molecule has 0 atom stereocenters. The van der Waals surface area contributed by atoms with Crippen molar-refractivity contribution in [1.29, 1.82) is 0 Å². The van der Waals surface area contributed by atoms with Crippen LogP contribution in [0.3, 0.4) is 0 Å². The standard InChI is InChI=1S/C9H11.U/c1-7-4-5-8(2)9(3)6-7;/h4-6H,3H2,1-2H3;/q-1;. The first-order valence-corrected chi connectivity index (χ1v) is 3.09. The van der Waals surface area contributed by atoms with E-state index in [2.05, 4.69) is 39.0 Å². The Bertz CT molecular complexity index is 216. The van der Waals surface area contributed by atoms with Gasteiger partial charge in [0.2, 0.25) is 0 Å². The van der Waals surface area contributed by atoms with Crippen molar-refractivity contribution >= 4 is 0 Å². The van der Waals surface area contributed by atoms with Gasteiger partial charge >= 0.3 is 0 Å². The fourth-order valence-electron chi connectivity index (χ4n) is 0.800. The van der Waals surface area contributed by atoms with E-state index in [1.165, 1.54) is 11.1 Å². The number of benzene rings is 1. The van der Waals surface area contributed by atoms with Gasteiger partial charge in [0.1, 0.15) is 0 Å². The second-order valence-electron chi connectivity index (χ2n) is 2.43. The third kappa shape index (κ3) is 2.40. The predicted octanol–water partition coefficient (Wildman–Crippen LogP) is 2.49. The molecule has 0 aromatic heterocycles. The van der Waals surface area contributed by atoms with Crippen LogP contribution in [0.25, 0.3) is 0 Å². The molecular weight excluding hydrogens is 346 g/mol. The van der Waals surface area contributed by atoms with Crippen LogP contribution in [0.15, 0.2) is 18.2 Å². The number of hydrogen-bond acceptors (Lipinski definition) is 0. The van der Waals surface area contributed by atoms with Crippen LogP contribution in [0, 0.1) is 51.9 Å². The molecule has 0 aliphatic heterocycles. The summed E-state index contributed by atoms with van der Waals surface area (Å²) in [5.41, 5.74) is 3.68. The number of rotatable bonds is 0. The van der Waals surface area contributed by atoms with Crippen LogP contribution in [-0.4, -0.2) is 0 Å². The normalized spacial score (nSPS) is 8.60. The van der Waals surface area contributed by atoms with Crippen molar-refractivity contribution in [3.63, 3.8) is 0 Å². The monoisotopic (exact) mass is 357 g/mol. The van der Waals surface area contributed by atoms with Gasteiger partial charge in [-0.2, -0.15) is 24.1 Å². The average molecular weight is 357 g/mol. The predicted molar refractivity (Wildman–Crippen MR) is 40.4 cm³/mol. The molecule has 0 saturated carbocycles. The molecule has 0 saturated heterocycles. The summed E-state index contributed by atoms with van der Waals surface area (Å²) in [6, 6.07) is 6.29. The minimum Gasteiger partial charge on any atom is -0.198 e. The summed E-state index contributed by atoms with van der Waals surface area (Å²) in [7, 11) is 0. The van der Waals surface area contributed by atoms with Crippen LogP contribution in [0.2, 0.25) is 0 Å². The molecule has 0 bridgehead atoms. The van der Waals surface area contributed by atoms with E-state index in [0.717, 1.165) is 5.56 Å². The van der Waals surface area contributed by atoms with Crippen LogP contribution in [-0.2, 0) is 0 Å². The van der Waals surface area contributed by atoms with Gasteiger partial charge < -0.3 is 0 Å². The molecular formula is C9H11U-. The summed E-state index contributed by atoms with van der Waals surface area (Å²) in [5.74, 6) is 0. The molecule has 0 amide bonds.